The van der Waals surface area contributed by atoms with Crippen LogP contribution in [-0.2, 0) is 4.74 Å². The number of benzene rings is 2. The number of ether oxygens (including phenoxy) is 3. The molecule has 0 aliphatic carbocycles. The molecule has 2 amide bonds. The predicted molar refractivity (Wildman–Crippen MR) is 216 cm³/mol. The second kappa shape index (κ2) is 15.1. The Bertz CT molecular complexity index is 2500. The smallest absolute Gasteiger partial charge is 0.414 e. The standard InChI is InChI=1S/C42H38F2N8O7/c1-21-29(19-49-38-36(21)45-6-9-58-38)27-11-23-15-34(47-17-25(23)13-31(27)43)51(41(53)54)40(33-5-3-4-8-57-33)52(42(55)56)35-16-24-12-28(32(44)14-26(24)18-48-35)30-20-50-39-37(22(30)2)46-7-10-59-39/h11-20,33,40,45-46H,3-10H2,1-2H3,(H,53,54)(H,55,56)/t33-/m0/s1. The molecule has 4 aromatic heterocycles. The van der Waals surface area contributed by atoms with Crippen molar-refractivity contribution in [2.24, 2.45) is 0 Å². The SMILES string of the molecule is Cc1c(-c2cc3cc(N(C(=O)O)C([C@@H]4CCCCO4)N(C(=O)O)c4cc5cc(-c6cnc7c(c6C)NCCO7)c(F)cc5cn4)ncc3cc2F)cnc2c1NCCO2. The van der Waals surface area contributed by atoms with E-state index >= 15 is 8.78 Å². The van der Waals surface area contributed by atoms with Crippen molar-refractivity contribution < 1.29 is 42.8 Å². The van der Waals surface area contributed by atoms with Crippen molar-refractivity contribution in [3.8, 4) is 34.0 Å². The molecule has 0 radical (unpaired) electrons. The van der Waals surface area contributed by atoms with Gasteiger partial charge in [-0.1, -0.05) is 0 Å². The first-order valence-corrected chi connectivity index (χ1v) is 19.1. The Labute approximate surface area is 335 Å². The lowest BCUT2D eigenvalue weighted by Crippen LogP contribution is -2.60. The fourth-order valence-corrected chi connectivity index (χ4v) is 8.11. The molecule has 3 aliphatic heterocycles. The monoisotopic (exact) mass is 804 g/mol. The molecular formula is C42H38F2N8O7. The molecule has 0 bridgehead atoms. The lowest BCUT2D eigenvalue weighted by atomic mass is 9.98. The molecule has 0 spiro atoms. The number of hydrogen-bond donors (Lipinski definition) is 4. The summed E-state index contributed by atoms with van der Waals surface area (Å²) in [5.41, 5.74) is 4.22. The van der Waals surface area contributed by atoms with Gasteiger partial charge in [0, 0.05) is 77.5 Å². The Morgan fingerprint density at radius 3 is 1.59 bits per heavy atom. The fraction of sp³-hybridized carbons (Fsp3) is 0.286. The third-order valence-corrected chi connectivity index (χ3v) is 11.0. The highest BCUT2D eigenvalue weighted by Gasteiger charge is 2.43. The van der Waals surface area contributed by atoms with Gasteiger partial charge in [0.1, 0.15) is 47.9 Å². The minimum atomic E-state index is -1.52. The average Bonchev–Trinajstić information content (AvgIpc) is 3.24. The number of aromatic nitrogens is 4. The van der Waals surface area contributed by atoms with Gasteiger partial charge in [0.2, 0.25) is 11.8 Å². The molecule has 9 rings (SSSR count). The summed E-state index contributed by atoms with van der Waals surface area (Å²) in [6, 6.07) is 8.74. The van der Waals surface area contributed by atoms with Crippen LogP contribution in [0.5, 0.6) is 11.8 Å². The number of hydrogen-bond acceptors (Lipinski definition) is 11. The van der Waals surface area contributed by atoms with E-state index in [4.69, 9.17) is 14.2 Å². The van der Waals surface area contributed by atoms with Gasteiger partial charge in [0.15, 0.2) is 6.17 Å². The van der Waals surface area contributed by atoms with Gasteiger partial charge in [0.25, 0.3) is 0 Å². The molecule has 7 heterocycles. The van der Waals surface area contributed by atoms with Crippen molar-refractivity contribution in [2.45, 2.75) is 45.4 Å². The highest BCUT2D eigenvalue weighted by atomic mass is 19.1. The van der Waals surface area contributed by atoms with Crippen molar-refractivity contribution in [1.82, 2.24) is 19.9 Å². The third-order valence-electron chi connectivity index (χ3n) is 11.0. The molecule has 17 heteroatoms. The molecule has 6 aromatic rings. The summed E-state index contributed by atoms with van der Waals surface area (Å²) in [7, 11) is 0. The molecule has 4 N–H and O–H groups in total. The average molecular weight is 805 g/mol. The molecule has 15 nitrogen and oxygen atoms in total. The quantitative estimate of drug-likeness (QED) is 0.114. The number of carboxylic acid groups (broad SMARTS) is 2. The van der Waals surface area contributed by atoms with Crippen LogP contribution >= 0.6 is 0 Å². The molecule has 3 aliphatic rings. The Balaban J connectivity index is 1.14. The molecule has 59 heavy (non-hydrogen) atoms. The lowest BCUT2D eigenvalue weighted by Gasteiger charge is -2.41. The molecule has 2 aromatic carbocycles. The summed E-state index contributed by atoms with van der Waals surface area (Å²) in [5, 5.41) is 30.0. The van der Waals surface area contributed by atoms with E-state index in [-0.39, 0.29) is 29.4 Å². The second-order valence-electron chi connectivity index (χ2n) is 14.6. The Morgan fingerprint density at radius 2 is 1.15 bits per heavy atom. The van der Waals surface area contributed by atoms with E-state index in [0.29, 0.717) is 101 Å². The number of rotatable bonds is 7. The van der Waals surface area contributed by atoms with E-state index in [1.807, 2.05) is 13.8 Å². The third kappa shape index (κ3) is 6.76. The van der Waals surface area contributed by atoms with Crippen LogP contribution in [0.25, 0.3) is 43.8 Å². The summed E-state index contributed by atoms with van der Waals surface area (Å²) in [5.74, 6) is -0.482. The van der Waals surface area contributed by atoms with E-state index in [0.717, 1.165) is 20.9 Å². The maximum atomic E-state index is 15.8. The molecule has 302 valence electrons. The highest BCUT2D eigenvalue weighted by molar-refractivity contribution is 5.97. The van der Waals surface area contributed by atoms with Crippen molar-refractivity contribution >= 4 is 56.7 Å². The van der Waals surface area contributed by atoms with E-state index in [2.05, 4.69) is 30.6 Å². The van der Waals surface area contributed by atoms with Crippen LogP contribution in [0.3, 0.4) is 0 Å². The fourth-order valence-electron chi connectivity index (χ4n) is 8.11. The molecule has 0 saturated carbocycles. The van der Waals surface area contributed by atoms with E-state index < -0.39 is 36.1 Å². The van der Waals surface area contributed by atoms with Gasteiger partial charge in [-0.2, -0.15) is 0 Å². The zero-order chi connectivity index (χ0) is 40.9. The van der Waals surface area contributed by atoms with Gasteiger partial charge in [-0.3, -0.25) is 0 Å². The van der Waals surface area contributed by atoms with Crippen LogP contribution < -0.4 is 29.9 Å². The number of anilines is 4. The molecular weight excluding hydrogens is 767 g/mol. The largest absolute Gasteiger partial charge is 0.474 e. The number of amides is 2. The predicted octanol–water partition coefficient (Wildman–Crippen LogP) is 7.97. The van der Waals surface area contributed by atoms with Crippen molar-refractivity contribution in [3.05, 3.63) is 83.9 Å². The summed E-state index contributed by atoms with van der Waals surface area (Å²) in [6.07, 6.45) is 1.95. The molecule has 0 unspecified atom stereocenters. The van der Waals surface area contributed by atoms with E-state index in [9.17, 15) is 19.8 Å². The maximum absolute atomic E-state index is 15.8. The minimum absolute atomic E-state index is 0.124. The van der Waals surface area contributed by atoms with Crippen LogP contribution in [-0.4, -0.2) is 87.5 Å². The number of carbonyl (C=O) groups is 2. The van der Waals surface area contributed by atoms with Gasteiger partial charge in [-0.05, 0) is 91.4 Å². The molecule has 1 saturated heterocycles. The van der Waals surface area contributed by atoms with E-state index in [1.165, 1.54) is 49.1 Å². The van der Waals surface area contributed by atoms with Crippen molar-refractivity contribution in [3.63, 3.8) is 0 Å². The number of nitrogens with zero attached hydrogens (tertiary/aromatic N) is 6. The first kappa shape index (κ1) is 37.7. The molecule has 1 atom stereocenters. The summed E-state index contributed by atoms with van der Waals surface area (Å²) >= 11 is 0. The molecule has 1 fully saturated rings. The van der Waals surface area contributed by atoms with Gasteiger partial charge in [0.05, 0.1) is 6.10 Å². The zero-order valence-electron chi connectivity index (χ0n) is 32.0. The number of fused-ring (bicyclic) bond motifs is 4. The normalized spacial score (nSPS) is 16.0. The topological polar surface area (TPSA) is 184 Å². The maximum Gasteiger partial charge on any atom is 0.414 e. The van der Waals surface area contributed by atoms with Crippen LogP contribution in [0.2, 0.25) is 0 Å². The first-order valence-electron chi connectivity index (χ1n) is 19.1. The summed E-state index contributed by atoms with van der Waals surface area (Å²) < 4.78 is 48.9. The lowest BCUT2D eigenvalue weighted by molar-refractivity contribution is -0.00118. The second-order valence-corrected chi connectivity index (χ2v) is 14.6. The zero-order valence-corrected chi connectivity index (χ0v) is 32.0. The minimum Gasteiger partial charge on any atom is -0.474 e. The van der Waals surface area contributed by atoms with Crippen LogP contribution in [0, 0.1) is 25.5 Å². The van der Waals surface area contributed by atoms with Crippen LogP contribution in [0.15, 0.2) is 61.2 Å². The number of pyridine rings is 4. The van der Waals surface area contributed by atoms with E-state index in [1.54, 1.807) is 12.1 Å². The number of nitrogens with one attached hydrogen (secondary N) is 2. The summed E-state index contributed by atoms with van der Waals surface area (Å²) in [4.78, 5) is 46.2. The van der Waals surface area contributed by atoms with Crippen molar-refractivity contribution in [1.29, 1.82) is 0 Å². The van der Waals surface area contributed by atoms with Crippen LogP contribution in [0.4, 0.5) is 41.4 Å². The highest BCUT2D eigenvalue weighted by Crippen LogP contribution is 2.40. The van der Waals surface area contributed by atoms with Gasteiger partial charge in [-0.25, -0.2) is 48.1 Å². The van der Waals surface area contributed by atoms with Crippen molar-refractivity contribution in [2.75, 3.05) is 53.3 Å². The van der Waals surface area contributed by atoms with Gasteiger partial charge < -0.3 is 35.1 Å². The number of halogens is 2. The van der Waals surface area contributed by atoms with Gasteiger partial charge in [-0.15, -0.1) is 0 Å². The van der Waals surface area contributed by atoms with Crippen LogP contribution in [0.1, 0.15) is 30.4 Å². The van der Waals surface area contributed by atoms with Gasteiger partial charge >= 0.3 is 12.2 Å². The Hall–Kier alpha value is -6.88. The Morgan fingerprint density at radius 1 is 0.661 bits per heavy atom. The summed E-state index contributed by atoms with van der Waals surface area (Å²) in [6.45, 7) is 5.96. The first-order chi connectivity index (χ1) is 28.6. The Kier molecular flexibility index (Phi) is 9.66.